The molecule has 0 radical (unpaired) electrons. The molecule has 0 unspecified atom stereocenters. The third kappa shape index (κ3) is 8.10. The van der Waals surface area contributed by atoms with Crippen LogP contribution in [-0.4, -0.2) is 50.5 Å². The Kier molecular flexibility index (Phi) is 9.72. The van der Waals surface area contributed by atoms with Crippen LogP contribution in [0.3, 0.4) is 0 Å². The molecule has 0 saturated heterocycles. The van der Waals surface area contributed by atoms with E-state index < -0.39 is 48.9 Å². The molecule has 1 aromatic rings. The summed E-state index contributed by atoms with van der Waals surface area (Å²) in [6.07, 6.45) is -0.506. The number of nitrogens with one attached hydrogen (secondary N) is 1. The quantitative estimate of drug-likeness (QED) is 0.251. The van der Waals surface area contributed by atoms with Crippen LogP contribution < -0.4 is 34.9 Å². The maximum Gasteiger partial charge on any atom is 1.00 e. The smallest absolute Gasteiger partial charge is 1.00 e. The van der Waals surface area contributed by atoms with Crippen molar-refractivity contribution in [3.05, 3.63) is 29.8 Å². The van der Waals surface area contributed by atoms with E-state index in [1.165, 1.54) is 18.2 Å². The average Bonchev–Trinajstić information content (AvgIpc) is 2.44. The van der Waals surface area contributed by atoms with Gasteiger partial charge >= 0.3 is 29.6 Å². The van der Waals surface area contributed by atoms with Crippen LogP contribution >= 0.6 is 12.6 Å². The number of carbonyl (C=O) groups excluding carboxylic acids is 2. The second-order valence-electron chi connectivity index (χ2n) is 4.51. The van der Waals surface area contributed by atoms with Crippen molar-refractivity contribution < 1.29 is 62.0 Å². The molecule has 0 spiro atoms. The predicted octanol–water partition coefficient (Wildman–Crippen LogP) is -2.96. The fourth-order valence-corrected chi connectivity index (χ4v) is 3.39. The first-order valence-electron chi connectivity index (χ1n) is 6.30. The van der Waals surface area contributed by atoms with Gasteiger partial charge in [-0.15, -0.1) is 12.6 Å². The number of hydrogen-bond acceptors (Lipinski definition) is 7. The molecule has 0 fully saturated rings. The molecule has 0 aliphatic rings. The van der Waals surface area contributed by atoms with Gasteiger partial charge in [0.1, 0.15) is 0 Å². The first kappa shape index (κ1) is 23.6. The molecular weight excluding hydrogens is 389 g/mol. The van der Waals surface area contributed by atoms with E-state index in [4.69, 9.17) is 4.55 Å². The molecule has 12 heteroatoms. The van der Waals surface area contributed by atoms with E-state index in [9.17, 15) is 26.4 Å². The molecule has 8 nitrogen and oxygen atoms in total. The van der Waals surface area contributed by atoms with Crippen LogP contribution in [0.1, 0.15) is 18.2 Å². The Morgan fingerprint density at radius 2 is 1.71 bits per heavy atom. The fourth-order valence-electron chi connectivity index (χ4n) is 1.54. The van der Waals surface area contributed by atoms with Crippen LogP contribution in [0, 0.1) is 0 Å². The van der Waals surface area contributed by atoms with Gasteiger partial charge in [0.15, 0.2) is 0 Å². The van der Waals surface area contributed by atoms with Gasteiger partial charge in [0.05, 0.1) is 11.5 Å². The minimum absolute atomic E-state index is 0. The van der Waals surface area contributed by atoms with Crippen molar-refractivity contribution >= 4 is 43.6 Å². The fraction of sp³-hybridized carbons (Fsp3) is 0.333. The molecule has 0 bridgehead atoms. The third-order valence-electron chi connectivity index (χ3n) is 2.69. The summed E-state index contributed by atoms with van der Waals surface area (Å²) in [7, 11) is -8.41. The molecule has 24 heavy (non-hydrogen) atoms. The number of thiol groups is 1. The minimum atomic E-state index is -4.21. The Morgan fingerprint density at radius 1 is 1.12 bits per heavy atom. The van der Waals surface area contributed by atoms with Gasteiger partial charge < -0.3 is 6.74 Å². The predicted molar refractivity (Wildman–Crippen MR) is 87.0 cm³/mol. The molecule has 0 aromatic heterocycles. The topological polar surface area (TPSA) is 135 Å². The summed E-state index contributed by atoms with van der Waals surface area (Å²) in [5, 5.41) is 1.00. The maximum absolute atomic E-state index is 12.0. The van der Waals surface area contributed by atoms with Gasteiger partial charge in [-0.25, -0.2) is 8.42 Å². The SMILES string of the molecule is O=C(CCS(=O)(=O)C(=O)c1ccccc1S)NCCS(=O)(=O)O.[H-].[Na+]. The van der Waals surface area contributed by atoms with Crippen molar-refractivity contribution in [1.82, 2.24) is 5.32 Å². The van der Waals surface area contributed by atoms with Crippen molar-refractivity contribution in [2.24, 2.45) is 0 Å². The summed E-state index contributed by atoms with van der Waals surface area (Å²) in [5.41, 5.74) is -0.0809. The Labute approximate surface area is 169 Å². The Balaban J connectivity index is 0. The monoisotopic (exact) mass is 405 g/mol. The second-order valence-corrected chi connectivity index (χ2v) is 8.57. The zero-order valence-corrected chi connectivity index (χ0v) is 17.3. The average molecular weight is 405 g/mol. The summed E-state index contributed by atoms with van der Waals surface area (Å²) >= 11 is 4.01. The zero-order valence-electron chi connectivity index (χ0n) is 13.8. The van der Waals surface area contributed by atoms with Gasteiger partial charge in [-0.05, 0) is 12.1 Å². The summed E-state index contributed by atoms with van der Waals surface area (Å²) in [6, 6.07) is 5.86. The molecule has 0 aliphatic carbocycles. The number of sulfone groups is 1. The van der Waals surface area contributed by atoms with Gasteiger partial charge in [0.2, 0.25) is 15.7 Å². The van der Waals surface area contributed by atoms with E-state index >= 15 is 0 Å². The van der Waals surface area contributed by atoms with Crippen molar-refractivity contribution in [3.63, 3.8) is 0 Å². The van der Waals surface area contributed by atoms with Crippen molar-refractivity contribution in [3.8, 4) is 0 Å². The summed E-state index contributed by atoms with van der Waals surface area (Å²) in [4.78, 5) is 23.6. The van der Waals surface area contributed by atoms with E-state index in [1.807, 2.05) is 0 Å². The number of benzene rings is 1. The zero-order chi connectivity index (χ0) is 17.7. The number of rotatable bonds is 7. The third-order valence-corrected chi connectivity index (χ3v) is 5.32. The standard InChI is InChI=1S/C12H15NO7S3.Na.H/c14-11(13-6-8-23(18,19)20)5-7-22(16,17)12(15)9-3-1-2-4-10(9)21;;/h1-4,21H,5-8H2,(H,13,14)(H,18,19,20);;/q;+1;-1. The van der Waals surface area contributed by atoms with E-state index in [-0.39, 0.29) is 48.0 Å². The number of hydrogen-bond donors (Lipinski definition) is 3. The van der Waals surface area contributed by atoms with Gasteiger partial charge in [0.25, 0.3) is 15.2 Å². The summed E-state index contributed by atoms with van der Waals surface area (Å²) in [6.45, 7) is -0.356. The first-order chi connectivity index (χ1) is 10.5. The van der Waals surface area contributed by atoms with Crippen LogP contribution in [0.5, 0.6) is 0 Å². The second kappa shape index (κ2) is 9.90. The number of carbonyl (C=O) groups is 2. The number of amides is 1. The van der Waals surface area contributed by atoms with E-state index in [2.05, 4.69) is 17.9 Å². The van der Waals surface area contributed by atoms with Gasteiger partial charge in [0, 0.05) is 23.4 Å². The van der Waals surface area contributed by atoms with Crippen LogP contribution in [0.4, 0.5) is 0 Å². The van der Waals surface area contributed by atoms with Gasteiger partial charge in [-0.2, -0.15) is 8.42 Å². The van der Waals surface area contributed by atoms with Crippen LogP contribution in [-0.2, 0) is 24.7 Å². The Morgan fingerprint density at radius 3 is 2.25 bits per heavy atom. The summed E-state index contributed by atoms with van der Waals surface area (Å²) in [5.74, 6) is -2.15. The maximum atomic E-state index is 12.0. The van der Waals surface area contributed by atoms with Crippen molar-refractivity contribution in [1.29, 1.82) is 0 Å². The molecule has 0 heterocycles. The molecule has 2 N–H and O–H groups in total. The van der Waals surface area contributed by atoms with E-state index in [0.717, 1.165) is 0 Å². The van der Waals surface area contributed by atoms with Crippen molar-refractivity contribution in [2.75, 3.05) is 18.1 Å². The largest absolute Gasteiger partial charge is 1.00 e. The first-order valence-corrected chi connectivity index (χ1v) is 10.0. The Bertz CT molecular complexity index is 812. The van der Waals surface area contributed by atoms with Crippen LogP contribution in [0.25, 0.3) is 0 Å². The van der Waals surface area contributed by atoms with E-state index in [1.54, 1.807) is 6.07 Å². The molecular formula is C12H16NNaO7S3. The molecule has 1 amide bonds. The van der Waals surface area contributed by atoms with Crippen LogP contribution in [0.15, 0.2) is 29.2 Å². The molecule has 1 aromatic carbocycles. The normalized spacial score (nSPS) is 11.4. The van der Waals surface area contributed by atoms with E-state index in [0.29, 0.717) is 0 Å². The van der Waals surface area contributed by atoms with Gasteiger partial charge in [-0.3, -0.25) is 14.1 Å². The molecule has 0 saturated carbocycles. The molecule has 1 rings (SSSR count). The molecule has 0 aliphatic heterocycles. The Hall–Kier alpha value is -0.430. The minimum Gasteiger partial charge on any atom is -1.00 e. The molecule has 130 valence electrons. The molecule has 0 atom stereocenters. The van der Waals surface area contributed by atoms with Gasteiger partial charge in [-0.1, -0.05) is 12.1 Å². The van der Waals surface area contributed by atoms with Crippen molar-refractivity contribution in [2.45, 2.75) is 11.3 Å². The van der Waals surface area contributed by atoms with Crippen LogP contribution in [0.2, 0.25) is 0 Å². The summed E-state index contributed by atoms with van der Waals surface area (Å²) < 4.78 is 53.3.